The van der Waals surface area contributed by atoms with Gasteiger partial charge in [-0.2, -0.15) is 0 Å². The summed E-state index contributed by atoms with van der Waals surface area (Å²) in [6, 6.07) is 2.13. The summed E-state index contributed by atoms with van der Waals surface area (Å²) < 4.78 is 0. The van der Waals surface area contributed by atoms with Gasteiger partial charge in [0.2, 0.25) is 0 Å². The van der Waals surface area contributed by atoms with E-state index in [2.05, 4.69) is 36.8 Å². The van der Waals surface area contributed by atoms with Gasteiger partial charge in [0.15, 0.2) is 0 Å². The third-order valence-corrected chi connectivity index (χ3v) is 3.53. The van der Waals surface area contributed by atoms with Crippen LogP contribution in [0.25, 0.3) is 0 Å². The molecule has 0 fully saturated rings. The van der Waals surface area contributed by atoms with Crippen LogP contribution in [0.2, 0.25) is 0 Å². The molecule has 0 aliphatic carbocycles. The highest BCUT2D eigenvalue weighted by molar-refractivity contribution is 5.16. The van der Waals surface area contributed by atoms with Crippen molar-refractivity contribution in [2.45, 2.75) is 65.2 Å². The molecule has 0 spiro atoms. The van der Waals surface area contributed by atoms with Crippen LogP contribution < -0.4 is 0 Å². The minimum absolute atomic E-state index is 0.225. The normalized spacial score (nSPS) is 14.8. The molecule has 2 heteroatoms. The highest BCUT2D eigenvalue weighted by Gasteiger charge is 2.25. The Hall–Kier alpha value is -0.920. The molecule has 2 nitrogen and oxygen atoms in total. The summed E-state index contributed by atoms with van der Waals surface area (Å²) in [6.07, 6.45) is 7.96. The lowest BCUT2D eigenvalue weighted by Crippen LogP contribution is -2.22. The summed E-state index contributed by atoms with van der Waals surface area (Å²) in [6.45, 7) is 8.86. The Morgan fingerprint density at radius 2 is 1.94 bits per heavy atom. The van der Waals surface area contributed by atoms with E-state index in [9.17, 15) is 0 Å². The minimum Gasteiger partial charge on any atom is -0.242 e. The van der Waals surface area contributed by atoms with E-state index < -0.39 is 0 Å². The van der Waals surface area contributed by atoms with E-state index >= 15 is 0 Å². The zero-order chi connectivity index (χ0) is 12.0. The molecule has 1 rings (SSSR count). The summed E-state index contributed by atoms with van der Waals surface area (Å²) in [5.74, 6) is 0. The van der Waals surface area contributed by atoms with Crippen LogP contribution in [0, 0.1) is 6.92 Å². The number of nitrogens with zero attached hydrogens (tertiary/aromatic N) is 2. The van der Waals surface area contributed by atoms with Gasteiger partial charge in [-0.25, -0.2) is 9.97 Å². The van der Waals surface area contributed by atoms with E-state index in [1.54, 1.807) is 6.33 Å². The summed E-state index contributed by atoms with van der Waals surface area (Å²) in [5, 5.41) is 0. The van der Waals surface area contributed by atoms with Gasteiger partial charge in [-0.3, -0.25) is 0 Å². The van der Waals surface area contributed by atoms with E-state index in [4.69, 9.17) is 0 Å². The molecule has 0 radical (unpaired) electrons. The number of aryl methyl sites for hydroxylation is 1. The highest BCUT2D eigenvalue weighted by Crippen LogP contribution is 2.31. The number of rotatable bonds is 6. The van der Waals surface area contributed by atoms with Crippen molar-refractivity contribution in [2.75, 3.05) is 0 Å². The molecule has 0 saturated carbocycles. The van der Waals surface area contributed by atoms with E-state index in [0.717, 1.165) is 12.1 Å². The van der Waals surface area contributed by atoms with Gasteiger partial charge in [-0.15, -0.1) is 0 Å². The van der Waals surface area contributed by atoms with Crippen molar-refractivity contribution < 1.29 is 0 Å². The van der Waals surface area contributed by atoms with Gasteiger partial charge in [-0.1, -0.05) is 40.0 Å². The predicted molar refractivity (Wildman–Crippen MR) is 68.6 cm³/mol. The second kappa shape index (κ2) is 5.97. The number of unbranched alkanes of at least 4 members (excludes halogenated alkanes) is 2. The second-order valence-corrected chi connectivity index (χ2v) is 4.92. The second-order valence-electron chi connectivity index (χ2n) is 4.92. The van der Waals surface area contributed by atoms with Crippen LogP contribution in [0.3, 0.4) is 0 Å². The summed E-state index contributed by atoms with van der Waals surface area (Å²) in [5.41, 5.74) is 2.50. The average molecular weight is 220 g/mol. The molecule has 0 aliphatic heterocycles. The first-order valence-electron chi connectivity index (χ1n) is 6.41. The first-order valence-corrected chi connectivity index (χ1v) is 6.41. The van der Waals surface area contributed by atoms with Crippen molar-refractivity contribution in [2.24, 2.45) is 0 Å². The zero-order valence-electron chi connectivity index (χ0n) is 11.1. The molecule has 1 aromatic rings. The molecule has 0 amide bonds. The Balaban J connectivity index is 2.78. The van der Waals surface area contributed by atoms with Gasteiger partial charge >= 0.3 is 0 Å². The lowest BCUT2D eigenvalue weighted by atomic mass is 9.79. The molecule has 0 aromatic carbocycles. The molecule has 1 heterocycles. The molecule has 0 bridgehead atoms. The lowest BCUT2D eigenvalue weighted by Gasteiger charge is -2.27. The van der Waals surface area contributed by atoms with Gasteiger partial charge in [0.05, 0.1) is 0 Å². The topological polar surface area (TPSA) is 25.8 Å². The van der Waals surface area contributed by atoms with Crippen molar-refractivity contribution >= 4 is 0 Å². The third-order valence-electron chi connectivity index (χ3n) is 3.53. The van der Waals surface area contributed by atoms with Gasteiger partial charge < -0.3 is 0 Å². The van der Waals surface area contributed by atoms with E-state index in [0.29, 0.717) is 0 Å². The molecule has 16 heavy (non-hydrogen) atoms. The third kappa shape index (κ3) is 3.29. The Morgan fingerprint density at radius 3 is 2.50 bits per heavy atom. The smallest absolute Gasteiger partial charge is 0.115 e. The van der Waals surface area contributed by atoms with Crippen molar-refractivity contribution in [1.82, 2.24) is 9.97 Å². The van der Waals surface area contributed by atoms with Gasteiger partial charge in [-0.05, 0) is 25.8 Å². The SMILES string of the molecule is CCCCCC(C)(CC)c1cc(C)ncn1. The Kier molecular flexibility index (Phi) is 4.91. The van der Waals surface area contributed by atoms with E-state index in [1.807, 2.05) is 6.92 Å². The van der Waals surface area contributed by atoms with Crippen LogP contribution >= 0.6 is 0 Å². The molecule has 1 unspecified atom stereocenters. The van der Waals surface area contributed by atoms with Crippen LogP contribution in [0.1, 0.15) is 64.3 Å². The quantitative estimate of drug-likeness (QED) is 0.676. The average Bonchev–Trinajstić information content (AvgIpc) is 2.29. The fraction of sp³-hybridized carbons (Fsp3) is 0.714. The maximum absolute atomic E-state index is 4.45. The van der Waals surface area contributed by atoms with Gasteiger partial charge in [0, 0.05) is 16.8 Å². The molecule has 90 valence electrons. The monoisotopic (exact) mass is 220 g/mol. The van der Waals surface area contributed by atoms with Crippen LogP contribution in [-0.2, 0) is 5.41 Å². The number of hydrogen-bond donors (Lipinski definition) is 0. The maximum Gasteiger partial charge on any atom is 0.115 e. The number of aromatic nitrogens is 2. The standard InChI is InChI=1S/C14H24N2/c1-5-7-8-9-14(4,6-2)13-10-12(3)15-11-16-13/h10-11H,5-9H2,1-4H3. The van der Waals surface area contributed by atoms with Crippen LogP contribution in [0.5, 0.6) is 0 Å². The van der Waals surface area contributed by atoms with Crippen LogP contribution in [0.4, 0.5) is 0 Å². The largest absolute Gasteiger partial charge is 0.242 e. The zero-order valence-corrected chi connectivity index (χ0v) is 11.1. The Morgan fingerprint density at radius 1 is 1.19 bits per heavy atom. The Labute approximate surface area is 99.5 Å². The van der Waals surface area contributed by atoms with Crippen molar-refractivity contribution in [3.63, 3.8) is 0 Å². The molecule has 1 atom stereocenters. The molecule has 0 N–H and O–H groups in total. The van der Waals surface area contributed by atoms with Gasteiger partial charge in [0.25, 0.3) is 0 Å². The minimum atomic E-state index is 0.225. The summed E-state index contributed by atoms with van der Waals surface area (Å²) in [4.78, 5) is 8.62. The molecular formula is C14H24N2. The highest BCUT2D eigenvalue weighted by atomic mass is 14.8. The first kappa shape index (κ1) is 13.1. The summed E-state index contributed by atoms with van der Waals surface area (Å²) >= 11 is 0. The molecule has 0 aliphatic rings. The van der Waals surface area contributed by atoms with Crippen LogP contribution in [-0.4, -0.2) is 9.97 Å². The van der Waals surface area contributed by atoms with Crippen molar-refractivity contribution in [1.29, 1.82) is 0 Å². The van der Waals surface area contributed by atoms with Gasteiger partial charge in [0.1, 0.15) is 6.33 Å². The molecular weight excluding hydrogens is 196 g/mol. The molecule has 1 aromatic heterocycles. The van der Waals surface area contributed by atoms with Crippen LogP contribution in [0.15, 0.2) is 12.4 Å². The summed E-state index contributed by atoms with van der Waals surface area (Å²) in [7, 11) is 0. The van der Waals surface area contributed by atoms with Crippen molar-refractivity contribution in [3.8, 4) is 0 Å². The maximum atomic E-state index is 4.45. The molecule has 0 saturated heterocycles. The fourth-order valence-electron chi connectivity index (χ4n) is 2.04. The lowest BCUT2D eigenvalue weighted by molar-refractivity contribution is 0.387. The van der Waals surface area contributed by atoms with Crippen molar-refractivity contribution in [3.05, 3.63) is 23.8 Å². The van der Waals surface area contributed by atoms with E-state index in [1.165, 1.54) is 31.4 Å². The van der Waals surface area contributed by atoms with E-state index in [-0.39, 0.29) is 5.41 Å². The Bertz CT molecular complexity index is 322. The first-order chi connectivity index (χ1) is 7.62. The fourth-order valence-corrected chi connectivity index (χ4v) is 2.04. The predicted octanol–water partition coefficient (Wildman–Crippen LogP) is 4.03. The number of hydrogen-bond acceptors (Lipinski definition) is 2.